The summed E-state index contributed by atoms with van der Waals surface area (Å²) in [6, 6.07) is 10.1. The third-order valence-electron chi connectivity index (χ3n) is 6.82. The number of carbonyl (C=O) groups excluding carboxylic acids is 1. The number of aromatic nitrogens is 2. The molecule has 1 amide bonds. The lowest BCUT2D eigenvalue weighted by Gasteiger charge is -2.49. The molecule has 1 aromatic heterocycles. The molecule has 1 unspecified atom stereocenters. The van der Waals surface area contributed by atoms with Crippen LogP contribution in [0.3, 0.4) is 0 Å². The van der Waals surface area contributed by atoms with Gasteiger partial charge in [-0.25, -0.2) is 0 Å². The first kappa shape index (κ1) is 17.9. The Morgan fingerprint density at radius 2 is 1.86 bits per heavy atom. The maximum absolute atomic E-state index is 12.8. The molecule has 2 saturated heterocycles. The Hall–Kier alpha value is -2.21. The molecule has 0 bridgehead atoms. The zero-order valence-electron chi connectivity index (χ0n) is 16.5. The lowest BCUT2D eigenvalue weighted by molar-refractivity contribution is -0.148. The molecule has 148 valence electrons. The predicted octanol–water partition coefficient (Wildman–Crippen LogP) is 3.52. The monoisotopic (exact) mass is 380 g/mol. The fourth-order valence-corrected chi connectivity index (χ4v) is 5.38. The van der Waals surface area contributed by atoms with Crippen LogP contribution >= 0.6 is 0 Å². The van der Waals surface area contributed by atoms with Gasteiger partial charge in [0.25, 0.3) is 5.89 Å². The first-order valence-electron chi connectivity index (χ1n) is 10.5. The summed E-state index contributed by atoms with van der Waals surface area (Å²) < 4.78 is 5.52. The van der Waals surface area contributed by atoms with Crippen molar-refractivity contribution in [2.24, 2.45) is 11.3 Å². The second kappa shape index (κ2) is 6.99. The van der Waals surface area contributed by atoms with Crippen LogP contribution in [0.25, 0.3) is 11.5 Å². The molecule has 3 aliphatic rings. The summed E-state index contributed by atoms with van der Waals surface area (Å²) in [5, 5.41) is 4.27. The highest BCUT2D eigenvalue weighted by Gasteiger charge is 2.53. The molecule has 6 heteroatoms. The summed E-state index contributed by atoms with van der Waals surface area (Å²) in [6.07, 6.45) is 6.86. The lowest BCUT2D eigenvalue weighted by atomic mass is 9.76. The van der Waals surface area contributed by atoms with E-state index in [9.17, 15) is 4.79 Å². The van der Waals surface area contributed by atoms with E-state index in [1.54, 1.807) is 0 Å². The second-order valence-corrected chi connectivity index (χ2v) is 8.99. The largest absolute Gasteiger partial charge is 0.341 e. The van der Waals surface area contributed by atoms with Crippen molar-refractivity contribution in [2.45, 2.75) is 44.6 Å². The number of nitrogens with zero attached hydrogens (tertiary/aromatic N) is 4. The minimum atomic E-state index is 0.160. The fourth-order valence-electron chi connectivity index (χ4n) is 5.38. The first-order valence-corrected chi connectivity index (χ1v) is 10.5. The van der Waals surface area contributed by atoms with Gasteiger partial charge in [0.05, 0.1) is 6.04 Å². The van der Waals surface area contributed by atoms with Crippen molar-refractivity contribution < 1.29 is 9.32 Å². The van der Waals surface area contributed by atoms with Crippen LogP contribution in [0.4, 0.5) is 0 Å². The quantitative estimate of drug-likeness (QED) is 0.815. The van der Waals surface area contributed by atoms with Crippen LogP contribution in [0.1, 0.15) is 50.4 Å². The molecule has 3 fully saturated rings. The molecule has 2 aromatic rings. The summed E-state index contributed by atoms with van der Waals surface area (Å²) in [6.45, 7) is 2.75. The van der Waals surface area contributed by atoms with Gasteiger partial charge in [-0.05, 0) is 38.4 Å². The van der Waals surface area contributed by atoms with E-state index in [2.05, 4.69) is 27.0 Å². The Labute approximate surface area is 165 Å². The minimum absolute atomic E-state index is 0.160. The lowest BCUT2D eigenvalue weighted by Crippen LogP contribution is -2.60. The van der Waals surface area contributed by atoms with Crippen molar-refractivity contribution in [1.82, 2.24) is 19.9 Å². The van der Waals surface area contributed by atoms with E-state index in [1.165, 1.54) is 19.3 Å². The molecule has 1 aromatic carbocycles. The third-order valence-corrected chi connectivity index (χ3v) is 6.82. The normalized spacial score (nSPS) is 25.2. The molecule has 0 N–H and O–H groups in total. The Kier molecular flexibility index (Phi) is 4.46. The van der Waals surface area contributed by atoms with Crippen molar-refractivity contribution in [1.29, 1.82) is 0 Å². The van der Waals surface area contributed by atoms with Crippen molar-refractivity contribution in [2.75, 3.05) is 26.7 Å². The van der Waals surface area contributed by atoms with Gasteiger partial charge in [-0.2, -0.15) is 4.98 Å². The Morgan fingerprint density at radius 1 is 1.11 bits per heavy atom. The van der Waals surface area contributed by atoms with Crippen molar-refractivity contribution in [3.05, 3.63) is 36.2 Å². The first-order chi connectivity index (χ1) is 13.6. The van der Waals surface area contributed by atoms with Gasteiger partial charge >= 0.3 is 0 Å². The van der Waals surface area contributed by atoms with Gasteiger partial charge in [-0.15, -0.1) is 0 Å². The molecule has 0 radical (unpaired) electrons. The molecule has 1 spiro atoms. The molecule has 5 rings (SSSR count). The van der Waals surface area contributed by atoms with Crippen LogP contribution in [0.15, 0.2) is 34.9 Å². The average molecular weight is 380 g/mol. The number of hydrogen-bond acceptors (Lipinski definition) is 5. The molecular weight excluding hydrogens is 352 g/mol. The van der Waals surface area contributed by atoms with Crippen LogP contribution in [0.2, 0.25) is 0 Å². The summed E-state index contributed by atoms with van der Waals surface area (Å²) in [5.74, 6) is 2.00. The number of benzene rings is 1. The van der Waals surface area contributed by atoms with Crippen molar-refractivity contribution in [3.8, 4) is 11.5 Å². The summed E-state index contributed by atoms with van der Waals surface area (Å²) in [4.78, 5) is 21.9. The van der Waals surface area contributed by atoms with Crippen LogP contribution in [-0.2, 0) is 4.79 Å². The standard InChI is InChI=1S/C22H28N4O2/c1-25-13-22(14-26(15-22)21(27)17-10-6-3-7-11-17)12-18(25)19-23-20(28-24-19)16-8-4-2-5-9-16/h2,4-5,8-9,17-18H,3,6-7,10-15H2,1H3. The van der Waals surface area contributed by atoms with Crippen LogP contribution in [-0.4, -0.2) is 52.5 Å². The highest BCUT2D eigenvalue weighted by atomic mass is 16.5. The van der Waals surface area contributed by atoms with E-state index in [-0.39, 0.29) is 17.4 Å². The van der Waals surface area contributed by atoms with E-state index < -0.39 is 0 Å². The molecule has 1 aliphatic carbocycles. The number of likely N-dealkylation sites (tertiary alicyclic amines) is 2. The highest BCUT2D eigenvalue weighted by molar-refractivity contribution is 5.80. The minimum Gasteiger partial charge on any atom is -0.341 e. The van der Waals surface area contributed by atoms with Crippen molar-refractivity contribution >= 4 is 5.91 Å². The number of hydrogen-bond donors (Lipinski definition) is 0. The van der Waals surface area contributed by atoms with E-state index in [0.29, 0.717) is 11.8 Å². The van der Waals surface area contributed by atoms with Gasteiger partial charge < -0.3 is 9.42 Å². The summed E-state index contributed by atoms with van der Waals surface area (Å²) in [7, 11) is 2.13. The van der Waals surface area contributed by atoms with Gasteiger partial charge in [-0.3, -0.25) is 9.69 Å². The van der Waals surface area contributed by atoms with Crippen molar-refractivity contribution in [3.63, 3.8) is 0 Å². The maximum Gasteiger partial charge on any atom is 0.257 e. The van der Waals surface area contributed by atoms with Gasteiger partial charge in [0.2, 0.25) is 5.91 Å². The van der Waals surface area contributed by atoms with Gasteiger partial charge in [-0.1, -0.05) is 42.6 Å². The van der Waals surface area contributed by atoms with E-state index in [0.717, 1.165) is 50.3 Å². The van der Waals surface area contributed by atoms with E-state index in [1.807, 2.05) is 30.3 Å². The molecule has 2 aliphatic heterocycles. The Bertz CT molecular complexity index is 837. The van der Waals surface area contributed by atoms with Crippen LogP contribution < -0.4 is 0 Å². The zero-order chi connectivity index (χ0) is 19.1. The Morgan fingerprint density at radius 3 is 2.61 bits per heavy atom. The number of rotatable bonds is 3. The molecule has 6 nitrogen and oxygen atoms in total. The molecular formula is C22H28N4O2. The summed E-state index contributed by atoms with van der Waals surface area (Å²) in [5.41, 5.74) is 1.14. The summed E-state index contributed by atoms with van der Waals surface area (Å²) >= 11 is 0. The fraction of sp³-hybridized carbons (Fsp3) is 0.591. The molecule has 1 saturated carbocycles. The Balaban J connectivity index is 1.24. The predicted molar refractivity (Wildman–Crippen MR) is 105 cm³/mol. The van der Waals surface area contributed by atoms with E-state index >= 15 is 0 Å². The maximum atomic E-state index is 12.8. The average Bonchev–Trinajstić information content (AvgIpc) is 3.32. The number of amides is 1. The van der Waals surface area contributed by atoms with E-state index in [4.69, 9.17) is 4.52 Å². The van der Waals surface area contributed by atoms with Gasteiger partial charge in [0.15, 0.2) is 5.82 Å². The smallest absolute Gasteiger partial charge is 0.257 e. The van der Waals surface area contributed by atoms with Gasteiger partial charge in [0, 0.05) is 36.5 Å². The molecule has 1 atom stereocenters. The topological polar surface area (TPSA) is 62.5 Å². The van der Waals surface area contributed by atoms with Gasteiger partial charge in [0.1, 0.15) is 0 Å². The third kappa shape index (κ3) is 3.13. The van der Waals surface area contributed by atoms with Crippen LogP contribution in [0.5, 0.6) is 0 Å². The highest BCUT2D eigenvalue weighted by Crippen LogP contribution is 2.48. The molecule has 3 heterocycles. The zero-order valence-corrected chi connectivity index (χ0v) is 16.5. The second-order valence-electron chi connectivity index (χ2n) is 8.99. The SMILES string of the molecule is CN1CC2(CC1c1noc(-c3ccccc3)n1)CN(C(=O)C1CCCCC1)C2. The molecule has 28 heavy (non-hydrogen) atoms. The van der Waals surface area contributed by atoms with Crippen LogP contribution in [0, 0.1) is 11.3 Å². The number of carbonyl (C=O) groups is 1.